The first-order valence-corrected chi connectivity index (χ1v) is 4.57. The lowest BCUT2D eigenvalue weighted by molar-refractivity contribution is -0.185. The number of carboxylic acids is 1. The Kier molecular flexibility index (Phi) is 4.20. The van der Waals surface area contributed by atoms with Gasteiger partial charge in [-0.3, -0.25) is 9.78 Å². The number of carboxylic acid groups (broad SMARTS) is 1. The minimum atomic E-state index is -0.916. The Hall–Kier alpha value is -1.46. The number of aliphatic carboxylic acids is 1. The number of nitrogens with zero attached hydrogens (tertiary/aromatic N) is 2. The summed E-state index contributed by atoms with van der Waals surface area (Å²) in [5.74, 6) is -0.916. The molecule has 0 saturated carbocycles. The third kappa shape index (κ3) is 3.30. The molecule has 0 fully saturated rings. The number of hydroxylamine groups is 2. The van der Waals surface area contributed by atoms with Crippen LogP contribution in [0.25, 0.3) is 0 Å². The van der Waals surface area contributed by atoms with Crippen molar-refractivity contribution in [3.8, 4) is 0 Å². The first-order valence-electron chi connectivity index (χ1n) is 4.57. The van der Waals surface area contributed by atoms with Crippen LogP contribution < -0.4 is 0 Å². The normalized spacial score (nSPS) is 12.7. The van der Waals surface area contributed by atoms with Gasteiger partial charge in [-0.15, -0.1) is 0 Å². The smallest absolute Gasteiger partial charge is 0.323 e. The van der Waals surface area contributed by atoms with Crippen molar-refractivity contribution in [3.63, 3.8) is 0 Å². The highest BCUT2D eigenvalue weighted by Gasteiger charge is 2.20. The minimum Gasteiger partial charge on any atom is -0.480 e. The van der Waals surface area contributed by atoms with E-state index in [0.29, 0.717) is 6.54 Å². The second-order valence-electron chi connectivity index (χ2n) is 3.13. The van der Waals surface area contributed by atoms with Gasteiger partial charge in [-0.1, -0.05) is 6.07 Å². The Balaban J connectivity index is 2.66. The fraction of sp³-hybridized carbons (Fsp3) is 0.400. The number of hydrogen-bond donors (Lipinski definition) is 1. The Morgan fingerprint density at radius 3 is 2.93 bits per heavy atom. The number of pyridine rings is 1. The summed E-state index contributed by atoms with van der Waals surface area (Å²) < 4.78 is 0. The molecule has 0 spiro atoms. The molecule has 0 aromatic carbocycles. The molecule has 15 heavy (non-hydrogen) atoms. The molecular formula is C10H14N2O3. The van der Waals surface area contributed by atoms with E-state index in [1.54, 1.807) is 25.4 Å². The molecule has 0 aliphatic heterocycles. The zero-order chi connectivity index (χ0) is 11.3. The second-order valence-corrected chi connectivity index (χ2v) is 3.13. The SMILES string of the molecule is CON(Cc1cccnc1)C(C)C(=O)O. The van der Waals surface area contributed by atoms with Crippen LogP contribution in [0.2, 0.25) is 0 Å². The van der Waals surface area contributed by atoms with Gasteiger partial charge < -0.3 is 9.94 Å². The topological polar surface area (TPSA) is 62.7 Å². The van der Waals surface area contributed by atoms with Gasteiger partial charge in [0.15, 0.2) is 0 Å². The maximum absolute atomic E-state index is 10.8. The predicted molar refractivity (Wildman–Crippen MR) is 53.9 cm³/mol. The molecule has 1 aromatic heterocycles. The summed E-state index contributed by atoms with van der Waals surface area (Å²) in [5.41, 5.74) is 0.910. The lowest BCUT2D eigenvalue weighted by Gasteiger charge is -2.23. The van der Waals surface area contributed by atoms with Gasteiger partial charge in [0.2, 0.25) is 0 Å². The van der Waals surface area contributed by atoms with E-state index in [4.69, 9.17) is 9.94 Å². The fourth-order valence-corrected chi connectivity index (χ4v) is 1.15. The van der Waals surface area contributed by atoms with Gasteiger partial charge in [0.25, 0.3) is 0 Å². The first kappa shape index (κ1) is 11.6. The van der Waals surface area contributed by atoms with Crippen molar-refractivity contribution in [1.82, 2.24) is 10.0 Å². The molecule has 0 aliphatic carbocycles. The van der Waals surface area contributed by atoms with Crippen LogP contribution in [0.1, 0.15) is 12.5 Å². The molecule has 0 bridgehead atoms. The predicted octanol–water partition coefficient (Wildman–Crippen LogP) is 0.918. The zero-order valence-electron chi connectivity index (χ0n) is 8.75. The quantitative estimate of drug-likeness (QED) is 0.732. The summed E-state index contributed by atoms with van der Waals surface area (Å²) >= 11 is 0. The number of rotatable bonds is 5. The fourth-order valence-electron chi connectivity index (χ4n) is 1.15. The van der Waals surface area contributed by atoms with Crippen LogP contribution in [0.15, 0.2) is 24.5 Å². The van der Waals surface area contributed by atoms with Crippen molar-refractivity contribution < 1.29 is 14.7 Å². The number of carbonyl (C=O) groups is 1. The molecule has 0 aliphatic rings. The van der Waals surface area contributed by atoms with Crippen LogP contribution >= 0.6 is 0 Å². The van der Waals surface area contributed by atoms with E-state index in [1.165, 1.54) is 12.2 Å². The molecule has 0 radical (unpaired) electrons. The van der Waals surface area contributed by atoms with Crippen LogP contribution in [-0.4, -0.2) is 34.3 Å². The van der Waals surface area contributed by atoms with Crippen LogP contribution in [0.5, 0.6) is 0 Å². The molecule has 0 amide bonds. The van der Waals surface area contributed by atoms with Crippen molar-refractivity contribution in [2.75, 3.05) is 7.11 Å². The maximum atomic E-state index is 10.8. The van der Waals surface area contributed by atoms with Gasteiger partial charge in [-0.25, -0.2) is 0 Å². The second kappa shape index (κ2) is 5.43. The summed E-state index contributed by atoms with van der Waals surface area (Å²) in [7, 11) is 1.45. The van der Waals surface area contributed by atoms with E-state index < -0.39 is 12.0 Å². The van der Waals surface area contributed by atoms with E-state index in [0.717, 1.165) is 5.56 Å². The molecule has 1 unspecified atom stereocenters. The number of aromatic nitrogens is 1. The Morgan fingerprint density at radius 2 is 2.47 bits per heavy atom. The first-order chi connectivity index (χ1) is 7.15. The van der Waals surface area contributed by atoms with Gasteiger partial charge in [0.05, 0.1) is 13.7 Å². The van der Waals surface area contributed by atoms with Gasteiger partial charge in [0, 0.05) is 12.4 Å². The van der Waals surface area contributed by atoms with E-state index >= 15 is 0 Å². The van der Waals surface area contributed by atoms with Crippen LogP contribution in [0.3, 0.4) is 0 Å². The van der Waals surface area contributed by atoms with Crippen molar-refractivity contribution >= 4 is 5.97 Å². The molecule has 1 atom stereocenters. The molecule has 5 nitrogen and oxygen atoms in total. The lowest BCUT2D eigenvalue weighted by atomic mass is 10.2. The summed E-state index contributed by atoms with van der Waals surface area (Å²) in [6.45, 7) is 1.97. The lowest BCUT2D eigenvalue weighted by Crippen LogP contribution is -2.37. The molecule has 1 heterocycles. The molecule has 82 valence electrons. The summed E-state index contributed by atoms with van der Waals surface area (Å²) in [6.07, 6.45) is 3.35. The average Bonchev–Trinajstić information content (AvgIpc) is 2.26. The van der Waals surface area contributed by atoms with E-state index in [2.05, 4.69) is 4.98 Å². The van der Waals surface area contributed by atoms with Crippen LogP contribution in [0.4, 0.5) is 0 Å². The molecule has 1 aromatic rings. The number of hydrogen-bond acceptors (Lipinski definition) is 4. The highest BCUT2D eigenvalue weighted by molar-refractivity contribution is 5.72. The van der Waals surface area contributed by atoms with Gasteiger partial charge in [-0.05, 0) is 18.6 Å². The third-order valence-corrected chi connectivity index (χ3v) is 2.09. The van der Waals surface area contributed by atoms with E-state index in [-0.39, 0.29) is 0 Å². The molecule has 0 saturated heterocycles. The molecule has 1 rings (SSSR count). The third-order valence-electron chi connectivity index (χ3n) is 2.09. The van der Waals surface area contributed by atoms with Crippen molar-refractivity contribution in [1.29, 1.82) is 0 Å². The Labute approximate surface area is 88.3 Å². The molecule has 5 heteroatoms. The Morgan fingerprint density at radius 1 is 1.73 bits per heavy atom. The Bertz CT molecular complexity index is 316. The van der Waals surface area contributed by atoms with Gasteiger partial charge in [-0.2, -0.15) is 5.06 Å². The minimum absolute atomic E-state index is 0.401. The van der Waals surface area contributed by atoms with Crippen molar-refractivity contribution in [2.45, 2.75) is 19.5 Å². The molecular weight excluding hydrogens is 196 g/mol. The largest absolute Gasteiger partial charge is 0.480 e. The summed E-state index contributed by atoms with van der Waals surface area (Å²) in [6, 6.07) is 2.98. The van der Waals surface area contributed by atoms with Crippen LogP contribution in [0, 0.1) is 0 Å². The van der Waals surface area contributed by atoms with E-state index in [1.807, 2.05) is 6.07 Å². The van der Waals surface area contributed by atoms with Crippen molar-refractivity contribution in [3.05, 3.63) is 30.1 Å². The maximum Gasteiger partial charge on any atom is 0.323 e. The molecule has 1 N–H and O–H groups in total. The van der Waals surface area contributed by atoms with Crippen molar-refractivity contribution in [2.24, 2.45) is 0 Å². The summed E-state index contributed by atoms with van der Waals surface area (Å²) in [5, 5.41) is 10.2. The summed E-state index contributed by atoms with van der Waals surface area (Å²) in [4.78, 5) is 19.7. The van der Waals surface area contributed by atoms with E-state index in [9.17, 15) is 4.79 Å². The van der Waals surface area contributed by atoms with Gasteiger partial charge in [0.1, 0.15) is 6.04 Å². The standard InChI is InChI=1S/C10H14N2O3/c1-8(10(13)14)12(15-2)7-9-4-3-5-11-6-9/h3-6,8H,7H2,1-2H3,(H,13,14). The van der Waals surface area contributed by atoms with Crippen LogP contribution in [-0.2, 0) is 16.2 Å². The van der Waals surface area contributed by atoms with Gasteiger partial charge >= 0.3 is 5.97 Å². The monoisotopic (exact) mass is 210 g/mol. The highest BCUT2D eigenvalue weighted by Crippen LogP contribution is 2.07. The average molecular weight is 210 g/mol. The highest BCUT2D eigenvalue weighted by atomic mass is 16.7. The zero-order valence-corrected chi connectivity index (χ0v) is 8.75.